The third-order valence-electron chi connectivity index (χ3n) is 4.53. The summed E-state index contributed by atoms with van der Waals surface area (Å²) in [6, 6.07) is 10.3. The molecule has 0 N–H and O–H groups in total. The zero-order valence-electron chi connectivity index (χ0n) is 16.8. The summed E-state index contributed by atoms with van der Waals surface area (Å²) in [5.41, 5.74) is 5.37. The second-order valence-corrected chi connectivity index (χ2v) is 7.62. The highest BCUT2D eigenvalue weighted by Crippen LogP contribution is 2.64. The predicted octanol–water partition coefficient (Wildman–Crippen LogP) is 7.26. The molecule has 25 heavy (non-hydrogen) atoms. The minimum Gasteiger partial charge on any atom is -0.115 e. The zero-order valence-corrected chi connectivity index (χ0v) is 16.8. The predicted molar refractivity (Wildman–Crippen MR) is 113 cm³/mol. The number of rotatable bonds is 2. The number of allylic oxidation sites excluding steroid dienone is 5. The Kier molecular flexibility index (Phi) is 7.98. The molecule has 133 valence electrons. The number of hydrogen-bond donors (Lipinski definition) is 0. The van der Waals surface area contributed by atoms with Gasteiger partial charge >= 0.3 is 0 Å². The van der Waals surface area contributed by atoms with Crippen molar-refractivity contribution in [3.63, 3.8) is 0 Å². The first kappa shape index (κ1) is 21.0. The Morgan fingerprint density at radius 1 is 1.20 bits per heavy atom. The first-order valence-corrected chi connectivity index (χ1v) is 9.21. The summed E-state index contributed by atoms with van der Waals surface area (Å²) in [6.07, 6.45) is 11.8. The van der Waals surface area contributed by atoms with Crippen molar-refractivity contribution in [2.24, 2.45) is 11.3 Å². The van der Waals surface area contributed by atoms with Crippen LogP contribution in [-0.4, -0.2) is 0 Å². The molecule has 1 radical (unpaired) electrons. The van der Waals surface area contributed by atoms with Gasteiger partial charge in [0.25, 0.3) is 0 Å². The highest BCUT2D eigenvalue weighted by atomic mass is 14.6. The Balaban J connectivity index is 0.000000208. The van der Waals surface area contributed by atoms with Crippen molar-refractivity contribution in [1.29, 1.82) is 0 Å². The molecule has 2 aliphatic carbocycles. The number of benzene rings is 1. The first-order valence-electron chi connectivity index (χ1n) is 9.21. The average molecular weight is 334 g/mol. The van der Waals surface area contributed by atoms with Crippen molar-refractivity contribution in [2.45, 2.75) is 54.4 Å². The van der Waals surface area contributed by atoms with E-state index in [1.807, 2.05) is 18.2 Å². The van der Waals surface area contributed by atoms with Crippen LogP contribution >= 0.6 is 0 Å². The molecule has 3 rings (SSSR count). The lowest BCUT2D eigenvalue weighted by Gasteiger charge is -2.14. The van der Waals surface area contributed by atoms with E-state index in [0.717, 1.165) is 17.9 Å². The zero-order chi connectivity index (χ0) is 19.0. The third kappa shape index (κ3) is 6.09. The summed E-state index contributed by atoms with van der Waals surface area (Å²) >= 11 is 0. The van der Waals surface area contributed by atoms with Crippen LogP contribution in [0.5, 0.6) is 0 Å². The maximum absolute atomic E-state index is 5.36. The molecule has 0 amide bonds. The standard InChI is InChI=1S/C11H11.C10H12.C4H10/c1-4-9-6-5-8(2)11(3)7-10(9)11;1-3-9(2)10-7-5-4-6-8-10;1-4(2)3/h1,5-6H,7H2,2-3H3;4-8H,2-3H2,1H3;4H,1-3H3. The van der Waals surface area contributed by atoms with E-state index in [1.54, 1.807) is 0 Å². The van der Waals surface area contributed by atoms with Gasteiger partial charge in [0.05, 0.1) is 0 Å². The molecule has 0 aromatic heterocycles. The van der Waals surface area contributed by atoms with Crippen molar-refractivity contribution in [2.75, 3.05) is 0 Å². The maximum atomic E-state index is 5.36. The largest absolute Gasteiger partial charge is 0.115 e. The van der Waals surface area contributed by atoms with Crippen LogP contribution < -0.4 is 0 Å². The molecule has 1 aromatic rings. The van der Waals surface area contributed by atoms with E-state index in [9.17, 15) is 0 Å². The van der Waals surface area contributed by atoms with Crippen molar-refractivity contribution < 1.29 is 0 Å². The van der Waals surface area contributed by atoms with Gasteiger partial charge < -0.3 is 0 Å². The van der Waals surface area contributed by atoms with E-state index >= 15 is 0 Å². The fourth-order valence-corrected chi connectivity index (χ4v) is 2.59. The monoisotopic (exact) mass is 333 g/mol. The molecule has 1 aromatic carbocycles. The second-order valence-electron chi connectivity index (χ2n) is 7.62. The summed E-state index contributed by atoms with van der Waals surface area (Å²) in [4.78, 5) is 0. The van der Waals surface area contributed by atoms with Crippen LogP contribution in [0.25, 0.3) is 5.57 Å². The molecule has 1 fully saturated rings. The van der Waals surface area contributed by atoms with E-state index in [1.165, 1.54) is 29.0 Å². The second kappa shape index (κ2) is 9.47. The summed E-state index contributed by atoms with van der Waals surface area (Å²) in [5, 5.41) is 0. The first-order chi connectivity index (χ1) is 11.8. The van der Waals surface area contributed by atoms with E-state index in [0.29, 0.717) is 5.41 Å². The minimum absolute atomic E-state index is 0.344. The molecule has 1 atom stereocenters. The van der Waals surface area contributed by atoms with E-state index < -0.39 is 0 Å². The number of terminal acetylenes is 1. The third-order valence-corrected chi connectivity index (χ3v) is 4.53. The molecule has 2 aliphatic rings. The van der Waals surface area contributed by atoms with Crippen molar-refractivity contribution in [3.8, 4) is 12.3 Å². The SMILES string of the molecule is C#CC1=CC=C(C)C2(C)C[C]12.C=C(CC)c1ccccc1.CC(C)C. The fourth-order valence-electron chi connectivity index (χ4n) is 2.59. The van der Waals surface area contributed by atoms with Gasteiger partial charge in [0, 0.05) is 16.9 Å². The number of fused-ring (bicyclic) bond motifs is 1. The summed E-state index contributed by atoms with van der Waals surface area (Å²) < 4.78 is 0. The van der Waals surface area contributed by atoms with Crippen LogP contribution in [0.15, 0.2) is 60.2 Å². The van der Waals surface area contributed by atoms with Gasteiger partial charge in [0.15, 0.2) is 0 Å². The molecule has 1 saturated carbocycles. The van der Waals surface area contributed by atoms with Crippen LogP contribution in [0, 0.1) is 29.6 Å². The van der Waals surface area contributed by atoms with Gasteiger partial charge in [-0.05, 0) is 36.8 Å². The van der Waals surface area contributed by atoms with Gasteiger partial charge in [0.2, 0.25) is 0 Å². The van der Waals surface area contributed by atoms with Crippen LogP contribution in [0.4, 0.5) is 0 Å². The lowest BCUT2D eigenvalue weighted by molar-refractivity contribution is 0.701. The van der Waals surface area contributed by atoms with E-state index in [4.69, 9.17) is 6.42 Å². The average Bonchev–Trinajstić information content (AvgIpc) is 3.29. The highest BCUT2D eigenvalue weighted by molar-refractivity contribution is 5.62. The van der Waals surface area contributed by atoms with Crippen LogP contribution in [0.3, 0.4) is 0 Å². The smallest absolute Gasteiger partial charge is 0.0244 e. The van der Waals surface area contributed by atoms with Gasteiger partial charge in [-0.15, -0.1) is 6.42 Å². The summed E-state index contributed by atoms with van der Waals surface area (Å²) in [6.45, 7) is 17.0. The Morgan fingerprint density at radius 2 is 1.76 bits per heavy atom. The summed E-state index contributed by atoms with van der Waals surface area (Å²) in [7, 11) is 0. The van der Waals surface area contributed by atoms with Crippen molar-refractivity contribution in [3.05, 3.63) is 71.7 Å². The van der Waals surface area contributed by atoms with E-state index in [2.05, 4.69) is 78.3 Å². The molecule has 0 nitrogen and oxygen atoms in total. The molecule has 0 aliphatic heterocycles. The Labute approximate surface area is 155 Å². The van der Waals surface area contributed by atoms with E-state index in [-0.39, 0.29) is 0 Å². The van der Waals surface area contributed by atoms with Gasteiger partial charge in [-0.2, -0.15) is 0 Å². The van der Waals surface area contributed by atoms with Crippen molar-refractivity contribution in [1.82, 2.24) is 0 Å². The number of hydrogen-bond acceptors (Lipinski definition) is 0. The Hall–Kier alpha value is -2.00. The molecule has 1 unspecified atom stereocenters. The van der Waals surface area contributed by atoms with Gasteiger partial charge in [0.1, 0.15) is 0 Å². The van der Waals surface area contributed by atoms with Crippen LogP contribution in [-0.2, 0) is 0 Å². The molecular weight excluding hydrogens is 300 g/mol. The summed E-state index contributed by atoms with van der Waals surface area (Å²) in [5.74, 6) is 5.01. The van der Waals surface area contributed by atoms with Gasteiger partial charge in [-0.1, -0.05) is 95.2 Å². The van der Waals surface area contributed by atoms with Crippen molar-refractivity contribution >= 4 is 5.57 Å². The lowest BCUT2D eigenvalue weighted by Crippen LogP contribution is -2.03. The lowest BCUT2D eigenvalue weighted by atomic mass is 9.89. The quantitative estimate of drug-likeness (QED) is 0.499. The topological polar surface area (TPSA) is 0 Å². The normalized spacial score (nSPS) is 20.6. The Bertz CT molecular complexity index is 661. The van der Waals surface area contributed by atoms with Gasteiger partial charge in [-0.25, -0.2) is 0 Å². The van der Waals surface area contributed by atoms with Crippen LogP contribution in [0.2, 0.25) is 0 Å². The molecule has 0 heteroatoms. The maximum Gasteiger partial charge on any atom is 0.0244 e. The van der Waals surface area contributed by atoms with Crippen LogP contribution in [0.1, 0.15) is 59.9 Å². The van der Waals surface area contributed by atoms with Gasteiger partial charge in [-0.3, -0.25) is 0 Å². The fraction of sp³-hybridized carbons (Fsp3) is 0.400. The molecule has 0 saturated heterocycles. The minimum atomic E-state index is 0.344. The molecule has 0 spiro atoms. The highest BCUT2D eigenvalue weighted by Gasteiger charge is 2.54. The molecular formula is C25H33. The molecule has 0 bridgehead atoms. The molecule has 0 heterocycles. The Morgan fingerprint density at radius 3 is 2.24 bits per heavy atom.